The first-order chi connectivity index (χ1) is 16.1. The van der Waals surface area contributed by atoms with Crippen LogP contribution in [0.3, 0.4) is 0 Å². The number of hydrogen-bond acceptors (Lipinski definition) is 4. The van der Waals surface area contributed by atoms with Gasteiger partial charge in [-0.15, -0.1) is 6.58 Å². The lowest BCUT2D eigenvalue weighted by molar-refractivity contribution is 0.104. The molecule has 33 heavy (non-hydrogen) atoms. The number of allylic oxidation sites excluding steroid dienone is 2. The normalized spacial score (nSPS) is 11.5. The van der Waals surface area contributed by atoms with Gasteiger partial charge in [-0.3, -0.25) is 4.79 Å². The lowest BCUT2D eigenvalue weighted by atomic mass is 10.1. The van der Waals surface area contributed by atoms with Crippen LogP contribution in [0, 0.1) is 6.92 Å². The van der Waals surface area contributed by atoms with E-state index < -0.39 is 0 Å². The lowest BCUT2D eigenvalue weighted by Crippen LogP contribution is -2.03. The van der Waals surface area contributed by atoms with Crippen LogP contribution in [0.4, 0.5) is 0 Å². The third-order valence-corrected chi connectivity index (χ3v) is 5.42. The predicted octanol–water partition coefficient (Wildman–Crippen LogP) is 5.87. The van der Waals surface area contributed by atoms with Crippen molar-refractivity contribution in [3.8, 4) is 11.5 Å². The predicted molar refractivity (Wildman–Crippen MR) is 132 cm³/mol. The maximum Gasteiger partial charge on any atom is 0.191 e. The summed E-state index contributed by atoms with van der Waals surface area (Å²) in [7, 11) is 0. The fourth-order valence-corrected chi connectivity index (χ4v) is 4.06. The van der Waals surface area contributed by atoms with Gasteiger partial charge < -0.3 is 14.0 Å². The molecule has 0 atom stereocenters. The smallest absolute Gasteiger partial charge is 0.191 e. The molecule has 0 saturated carbocycles. The summed E-state index contributed by atoms with van der Waals surface area (Å²) in [6.45, 7) is 11.4. The molecule has 0 bridgehead atoms. The fourth-order valence-electron chi connectivity index (χ4n) is 4.06. The molecule has 0 saturated heterocycles. The van der Waals surface area contributed by atoms with E-state index in [9.17, 15) is 4.79 Å². The largest absolute Gasteiger partial charge is 0.490 e. The number of aryl methyl sites for hydroxylation is 1. The fraction of sp³-hybridized carbons (Fsp3) is 0.259. The minimum Gasteiger partial charge on any atom is -0.490 e. The van der Waals surface area contributed by atoms with Gasteiger partial charge in [0.25, 0.3) is 0 Å². The summed E-state index contributed by atoms with van der Waals surface area (Å²) < 4.78 is 15.6. The number of ether oxygens (including phenoxy) is 2. The van der Waals surface area contributed by atoms with Crippen LogP contribution in [0.25, 0.3) is 22.8 Å². The maximum atomic E-state index is 13.4. The second-order valence-electron chi connectivity index (χ2n) is 7.74. The van der Waals surface area contributed by atoms with E-state index in [2.05, 4.69) is 23.2 Å². The Balaban J connectivity index is 1.78. The third kappa shape index (κ3) is 4.16. The number of fused-ring (bicyclic) bond motifs is 3. The zero-order valence-electron chi connectivity index (χ0n) is 19.4. The average Bonchev–Trinajstić information content (AvgIpc) is 3.31. The second-order valence-corrected chi connectivity index (χ2v) is 7.74. The van der Waals surface area contributed by atoms with Crippen molar-refractivity contribution < 1.29 is 14.3 Å². The Kier molecular flexibility index (Phi) is 6.63. The lowest BCUT2D eigenvalue weighted by Gasteiger charge is -2.13. The Morgan fingerprint density at radius 2 is 1.88 bits per heavy atom. The van der Waals surface area contributed by atoms with Crippen molar-refractivity contribution in [1.29, 1.82) is 0 Å². The highest BCUT2D eigenvalue weighted by Gasteiger charge is 2.22. The average molecular weight is 444 g/mol. The molecule has 0 aliphatic carbocycles. The highest BCUT2D eigenvalue weighted by Crippen LogP contribution is 2.33. The molecule has 170 valence electrons. The van der Waals surface area contributed by atoms with Gasteiger partial charge in [-0.05, 0) is 50.6 Å². The molecule has 2 heterocycles. The summed E-state index contributed by atoms with van der Waals surface area (Å²) in [5.41, 5.74) is 4.82. The SMILES string of the molecule is C=CCn1c2ccccc2n2nc(C)c(C(=O)/C=C/c3cccc(OCC)c3OCCC)c12. The molecule has 4 aromatic rings. The van der Waals surface area contributed by atoms with E-state index in [0.29, 0.717) is 42.5 Å². The standard InChI is InChI=1S/C27H29N3O3/c1-5-17-29-21-12-8-9-13-22(21)30-27(29)25(19(4)28-30)23(31)16-15-20-11-10-14-24(32-7-3)26(20)33-18-6-2/h5,8-16H,1,6-7,17-18H2,2-4H3/b16-15+. The van der Waals surface area contributed by atoms with E-state index in [-0.39, 0.29) is 5.78 Å². The first-order valence-corrected chi connectivity index (χ1v) is 11.3. The van der Waals surface area contributed by atoms with E-state index in [0.717, 1.165) is 28.7 Å². The number of ketones is 1. The molecule has 0 radical (unpaired) electrons. The first-order valence-electron chi connectivity index (χ1n) is 11.3. The van der Waals surface area contributed by atoms with Crippen molar-refractivity contribution >= 4 is 28.5 Å². The maximum absolute atomic E-state index is 13.4. The molecule has 2 aromatic carbocycles. The highest BCUT2D eigenvalue weighted by molar-refractivity contribution is 6.12. The minimum absolute atomic E-state index is 0.112. The number of imidazole rings is 1. The number of nitrogens with zero attached hydrogens (tertiary/aromatic N) is 3. The van der Waals surface area contributed by atoms with E-state index in [1.165, 1.54) is 0 Å². The molecule has 0 aliphatic heterocycles. The number of rotatable bonds is 10. The third-order valence-electron chi connectivity index (χ3n) is 5.42. The molecule has 0 fully saturated rings. The molecular weight excluding hydrogens is 414 g/mol. The molecule has 0 N–H and O–H groups in total. The van der Waals surface area contributed by atoms with Crippen LogP contribution in [0.5, 0.6) is 11.5 Å². The van der Waals surface area contributed by atoms with Crippen molar-refractivity contribution in [2.24, 2.45) is 0 Å². The van der Waals surface area contributed by atoms with E-state index >= 15 is 0 Å². The summed E-state index contributed by atoms with van der Waals surface area (Å²) >= 11 is 0. The Bertz CT molecular complexity index is 1340. The molecule has 0 amide bonds. The summed E-state index contributed by atoms with van der Waals surface area (Å²) in [6, 6.07) is 13.7. The molecule has 4 rings (SSSR count). The van der Waals surface area contributed by atoms with Crippen LogP contribution in [-0.4, -0.2) is 33.2 Å². The minimum atomic E-state index is -0.112. The van der Waals surface area contributed by atoms with Gasteiger partial charge in [0.15, 0.2) is 17.3 Å². The van der Waals surface area contributed by atoms with Gasteiger partial charge in [0.05, 0.1) is 35.5 Å². The summed E-state index contributed by atoms with van der Waals surface area (Å²) in [6.07, 6.45) is 6.09. The Morgan fingerprint density at radius 1 is 1.09 bits per heavy atom. The van der Waals surface area contributed by atoms with E-state index in [1.54, 1.807) is 12.2 Å². The van der Waals surface area contributed by atoms with Crippen molar-refractivity contribution in [3.63, 3.8) is 0 Å². The molecule has 6 nitrogen and oxygen atoms in total. The van der Waals surface area contributed by atoms with Gasteiger partial charge in [0, 0.05) is 12.1 Å². The second kappa shape index (κ2) is 9.77. The summed E-state index contributed by atoms with van der Waals surface area (Å²) in [5, 5.41) is 4.68. The van der Waals surface area contributed by atoms with Crippen molar-refractivity contribution in [2.45, 2.75) is 33.7 Å². The Hall–Kier alpha value is -3.80. The van der Waals surface area contributed by atoms with Crippen LogP contribution in [0.2, 0.25) is 0 Å². The molecule has 0 aliphatic rings. The molecular formula is C27H29N3O3. The van der Waals surface area contributed by atoms with Gasteiger partial charge in [-0.25, -0.2) is 4.52 Å². The molecule has 2 aromatic heterocycles. The van der Waals surface area contributed by atoms with Crippen LogP contribution in [-0.2, 0) is 6.54 Å². The van der Waals surface area contributed by atoms with Crippen molar-refractivity contribution in [3.05, 3.63) is 78.0 Å². The molecule has 0 unspecified atom stereocenters. The van der Waals surface area contributed by atoms with Gasteiger partial charge in [-0.1, -0.05) is 37.3 Å². The topological polar surface area (TPSA) is 57.8 Å². The monoisotopic (exact) mass is 443 g/mol. The first kappa shape index (κ1) is 22.4. The van der Waals surface area contributed by atoms with Gasteiger partial charge in [0.2, 0.25) is 0 Å². The highest BCUT2D eigenvalue weighted by atomic mass is 16.5. The van der Waals surface area contributed by atoms with Gasteiger partial charge in [0.1, 0.15) is 5.65 Å². The van der Waals surface area contributed by atoms with Crippen LogP contribution < -0.4 is 9.47 Å². The van der Waals surface area contributed by atoms with E-state index in [4.69, 9.17) is 9.47 Å². The number of para-hydroxylation sites is 3. The number of aromatic nitrogens is 3. The number of hydrogen-bond donors (Lipinski definition) is 0. The van der Waals surface area contributed by atoms with Crippen molar-refractivity contribution in [1.82, 2.24) is 14.2 Å². The van der Waals surface area contributed by atoms with Gasteiger partial charge >= 0.3 is 0 Å². The summed E-state index contributed by atoms with van der Waals surface area (Å²) in [4.78, 5) is 13.4. The van der Waals surface area contributed by atoms with Crippen molar-refractivity contribution in [2.75, 3.05) is 13.2 Å². The zero-order valence-corrected chi connectivity index (χ0v) is 19.4. The quantitative estimate of drug-likeness (QED) is 0.175. The van der Waals surface area contributed by atoms with E-state index in [1.807, 2.05) is 66.9 Å². The Morgan fingerprint density at radius 3 is 2.61 bits per heavy atom. The number of benzene rings is 2. The molecule has 6 heteroatoms. The zero-order chi connectivity index (χ0) is 23.4. The van der Waals surface area contributed by atoms with Gasteiger partial charge in [-0.2, -0.15) is 5.10 Å². The summed E-state index contributed by atoms with van der Waals surface area (Å²) in [5.74, 6) is 1.22. The van der Waals surface area contributed by atoms with Crippen LogP contribution in [0.1, 0.15) is 41.9 Å². The van der Waals surface area contributed by atoms with Crippen LogP contribution >= 0.6 is 0 Å². The number of carbonyl (C=O) groups excluding carboxylic acids is 1. The van der Waals surface area contributed by atoms with Crippen LogP contribution in [0.15, 0.2) is 61.2 Å². The molecule has 0 spiro atoms. The number of carbonyl (C=O) groups is 1. The Labute approximate surface area is 193 Å².